The number of nitrogens with zero attached hydrogens (tertiary/aromatic N) is 2. The highest BCUT2D eigenvalue weighted by Crippen LogP contribution is 2.40. The zero-order valence-electron chi connectivity index (χ0n) is 14.3. The number of aliphatic imine (C=N–C) groups is 1. The number of rotatable bonds is 5. The van der Waals surface area contributed by atoms with Gasteiger partial charge in [0.05, 0.1) is 5.56 Å². The van der Waals surface area contributed by atoms with Crippen LogP contribution in [0.5, 0.6) is 5.75 Å². The third-order valence-electron chi connectivity index (χ3n) is 4.47. The van der Waals surface area contributed by atoms with Crippen molar-refractivity contribution in [3.8, 4) is 11.8 Å². The van der Waals surface area contributed by atoms with E-state index in [1.807, 2.05) is 60.8 Å². The van der Waals surface area contributed by atoms with Crippen LogP contribution in [0.25, 0.3) is 0 Å². The average molecular weight is 358 g/mol. The van der Waals surface area contributed by atoms with E-state index in [0.29, 0.717) is 6.61 Å². The molecule has 4 rings (SSSR count). The second-order valence-corrected chi connectivity index (χ2v) is 7.33. The van der Waals surface area contributed by atoms with Crippen LogP contribution in [-0.2, 0) is 19.4 Å². The molecule has 0 fully saturated rings. The fourth-order valence-electron chi connectivity index (χ4n) is 3.12. The number of aryl methyl sites for hydroxylation is 1. The van der Waals surface area contributed by atoms with Crippen LogP contribution in [0.2, 0.25) is 0 Å². The van der Waals surface area contributed by atoms with Gasteiger partial charge in [-0.2, -0.15) is 5.26 Å². The van der Waals surface area contributed by atoms with Gasteiger partial charge in [-0.1, -0.05) is 30.3 Å². The fourth-order valence-corrected chi connectivity index (χ4v) is 4.30. The predicted molar refractivity (Wildman–Crippen MR) is 106 cm³/mol. The van der Waals surface area contributed by atoms with Gasteiger partial charge in [0.15, 0.2) is 0 Å². The van der Waals surface area contributed by atoms with Crippen LogP contribution >= 0.6 is 11.3 Å². The highest BCUT2D eigenvalue weighted by molar-refractivity contribution is 7.16. The normalized spacial score (nSPS) is 12.9. The first-order chi connectivity index (χ1) is 12.8. The number of hydrogen-bond donors (Lipinski definition) is 0. The Morgan fingerprint density at radius 1 is 1.08 bits per heavy atom. The van der Waals surface area contributed by atoms with Crippen molar-refractivity contribution in [2.45, 2.75) is 25.9 Å². The maximum atomic E-state index is 9.42. The predicted octanol–water partition coefficient (Wildman–Crippen LogP) is 5.44. The van der Waals surface area contributed by atoms with Gasteiger partial charge in [0, 0.05) is 11.1 Å². The number of ether oxygens (including phenoxy) is 1. The standard InChI is InChI=1S/C22H18N2OS/c23-13-20-19-7-4-8-21(19)26-22(20)24-14-16-9-11-18(12-10-16)25-15-17-5-2-1-3-6-17/h1-3,5-6,9-12,14H,4,7-8,15H2. The molecule has 3 nitrogen and oxygen atoms in total. The largest absolute Gasteiger partial charge is 0.489 e. The molecule has 1 aliphatic rings. The van der Waals surface area contributed by atoms with Crippen LogP contribution in [0.15, 0.2) is 59.6 Å². The lowest BCUT2D eigenvalue weighted by molar-refractivity contribution is 0.306. The van der Waals surface area contributed by atoms with Gasteiger partial charge >= 0.3 is 0 Å². The Balaban J connectivity index is 1.43. The highest BCUT2D eigenvalue weighted by Gasteiger charge is 2.21. The summed E-state index contributed by atoms with van der Waals surface area (Å²) in [6.45, 7) is 0.556. The molecule has 0 amide bonds. The molecule has 0 bridgehead atoms. The molecular weight excluding hydrogens is 340 g/mol. The van der Waals surface area contributed by atoms with Crippen molar-refractivity contribution >= 4 is 22.6 Å². The molecule has 0 unspecified atom stereocenters. The number of hydrogen-bond acceptors (Lipinski definition) is 4. The fraction of sp³-hybridized carbons (Fsp3) is 0.182. The number of thiophene rings is 1. The molecule has 0 radical (unpaired) electrons. The monoisotopic (exact) mass is 358 g/mol. The van der Waals surface area contributed by atoms with E-state index in [1.165, 1.54) is 10.4 Å². The van der Waals surface area contributed by atoms with Crippen LogP contribution in [-0.4, -0.2) is 6.21 Å². The maximum absolute atomic E-state index is 9.42. The van der Waals surface area contributed by atoms with Gasteiger partial charge in [0.2, 0.25) is 0 Å². The molecule has 0 aliphatic heterocycles. The number of benzene rings is 2. The summed E-state index contributed by atoms with van der Waals surface area (Å²) in [7, 11) is 0. The lowest BCUT2D eigenvalue weighted by Crippen LogP contribution is -1.94. The second kappa shape index (κ2) is 7.55. The van der Waals surface area contributed by atoms with E-state index in [4.69, 9.17) is 4.74 Å². The summed E-state index contributed by atoms with van der Waals surface area (Å²) in [5, 5.41) is 10.3. The highest BCUT2D eigenvalue weighted by atomic mass is 32.1. The van der Waals surface area contributed by atoms with Gasteiger partial charge in [0.25, 0.3) is 0 Å². The molecule has 128 valence electrons. The van der Waals surface area contributed by atoms with Crippen LogP contribution in [0, 0.1) is 11.3 Å². The lowest BCUT2D eigenvalue weighted by atomic mass is 10.1. The molecule has 0 atom stereocenters. The summed E-state index contributed by atoms with van der Waals surface area (Å²) >= 11 is 1.66. The second-order valence-electron chi connectivity index (χ2n) is 6.25. The molecule has 1 heterocycles. The van der Waals surface area contributed by atoms with E-state index in [0.717, 1.165) is 46.7 Å². The minimum absolute atomic E-state index is 0.556. The first-order valence-corrected chi connectivity index (χ1v) is 9.50. The van der Waals surface area contributed by atoms with E-state index in [-0.39, 0.29) is 0 Å². The van der Waals surface area contributed by atoms with Crippen molar-refractivity contribution in [2.24, 2.45) is 4.99 Å². The van der Waals surface area contributed by atoms with Crippen molar-refractivity contribution in [3.63, 3.8) is 0 Å². The molecule has 1 aromatic heterocycles. The summed E-state index contributed by atoms with van der Waals surface area (Å²) in [5.74, 6) is 0.832. The Morgan fingerprint density at radius 3 is 2.65 bits per heavy atom. The molecule has 0 saturated heterocycles. The third kappa shape index (κ3) is 3.54. The Kier molecular flexibility index (Phi) is 4.81. The minimum Gasteiger partial charge on any atom is -0.489 e. The quantitative estimate of drug-likeness (QED) is 0.570. The molecule has 0 N–H and O–H groups in total. The first-order valence-electron chi connectivity index (χ1n) is 8.69. The molecule has 26 heavy (non-hydrogen) atoms. The number of nitriles is 1. The smallest absolute Gasteiger partial charge is 0.134 e. The van der Waals surface area contributed by atoms with Gasteiger partial charge in [0.1, 0.15) is 23.4 Å². The molecule has 1 aliphatic carbocycles. The Hall–Kier alpha value is -2.90. The number of fused-ring (bicyclic) bond motifs is 1. The van der Waals surface area contributed by atoms with Gasteiger partial charge in [-0.25, -0.2) is 4.99 Å². The third-order valence-corrected chi connectivity index (χ3v) is 5.67. The van der Waals surface area contributed by atoms with Gasteiger partial charge in [-0.05, 0) is 60.2 Å². The lowest BCUT2D eigenvalue weighted by Gasteiger charge is -2.06. The zero-order chi connectivity index (χ0) is 17.8. The summed E-state index contributed by atoms with van der Waals surface area (Å²) in [5.41, 5.74) is 4.12. The van der Waals surface area contributed by atoms with E-state index >= 15 is 0 Å². The zero-order valence-corrected chi connectivity index (χ0v) is 15.1. The van der Waals surface area contributed by atoms with Crippen molar-refractivity contribution in [1.29, 1.82) is 5.26 Å². The average Bonchev–Trinajstić information content (AvgIpc) is 3.27. The van der Waals surface area contributed by atoms with Crippen molar-refractivity contribution in [1.82, 2.24) is 0 Å². The van der Waals surface area contributed by atoms with Crippen molar-refractivity contribution in [3.05, 3.63) is 81.7 Å². The van der Waals surface area contributed by atoms with Gasteiger partial charge in [-0.3, -0.25) is 0 Å². The molecular formula is C22H18N2OS. The van der Waals surface area contributed by atoms with E-state index in [2.05, 4.69) is 11.1 Å². The van der Waals surface area contributed by atoms with Crippen molar-refractivity contribution in [2.75, 3.05) is 0 Å². The Labute approximate surface area is 157 Å². The Morgan fingerprint density at radius 2 is 1.88 bits per heavy atom. The SMILES string of the molecule is N#Cc1c(N=Cc2ccc(OCc3ccccc3)cc2)sc2c1CCC2. The molecule has 0 saturated carbocycles. The van der Waals surface area contributed by atoms with Gasteiger partial charge < -0.3 is 4.74 Å². The maximum Gasteiger partial charge on any atom is 0.134 e. The summed E-state index contributed by atoms with van der Waals surface area (Å²) in [6.07, 6.45) is 5.07. The first kappa shape index (κ1) is 16.6. The van der Waals surface area contributed by atoms with Crippen LogP contribution in [0.1, 0.15) is 33.6 Å². The molecule has 3 aromatic rings. The molecule has 0 spiro atoms. The van der Waals surface area contributed by atoms with Crippen LogP contribution in [0.3, 0.4) is 0 Å². The van der Waals surface area contributed by atoms with E-state index in [9.17, 15) is 5.26 Å². The van der Waals surface area contributed by atoms with E-state index < -0.39 is 0 Å². The Bertz CT molecular complexity index is 966. The summed E-state index contributed by atoms with van der Waals surface area (Å²) < 4.78 is 5.80. The van der Waals surface area contributed by atoms with Crippen LogP contribution in [0.4, 0.5) is 5.00 Å². The van der Waals surface area contributed by atoms with Crippen LogP contribution < -0.4 is 4.74 Å². The summed E-state index contributed by atoms with van der Waals surface area (Å²) in [6, 6.07) is 20.3. The minimum atomic E-state index is 0.556. The van der Waals surface area contributed by atoms with Gasteiger partial charge in [-0.15, -0.1) is 11.3 Å². The molecule has 4 heteroatoms. The topological polar surface area (TPSA) is 45.4 Å². The molecule has 2 aromatic carbocycles. The van der Waals surface area contributed by atoms with E-state index in [1.54, 1.807) is 11.3 Å². The summed E-state index contributed by atoms with van der Waals surface area (Å²) in [4.78, 5) is 5.90. The van der Waals surface area contributed by atoms with Crippen molar-refractivity contribution < 1.29 is 4.74 Å².